The first-order valence-corrected chi connectivity index (χ1v) is 8.20. The van der Waals surface area contributed by atoms with E-state index in [1.165, 1.54) is 58.3 Å². The van der Waals surface area contributed by atoms with Gasteiger partial charge in [-0.2, -0.15) is 0 Å². The normalized spacial score (nSPS) is 10.9. The van der Waals surface area contributed by atoms with Gasteiger partial charge < -0.3 is 10.3 Å². The van der Waals surface area contributed by atoms with Gasteiger partial charge >= 0.3 is 0 Å². The van der Waals surface area contributed by atoms with E-state index in [1.54, 1.807) is 0 Å². The smallest absolute Gasteiger partial charge is 0.217 e. The number of rotatable bonds is 10. The average Bonchev–Trinajstić information content (AvgIpc) is 2.27. The zero-order valence-electron chi connectivity index (χ0n) is 11.8. The van der Waals surface area contributed by atoms with Crippen molar-refractivity contribution in [2.24, 2.45) is 0 Å². The molecule has 0 rings (SSSR count). The molecule has 18 heavy (non-hydrogen) atoms. The monoisotopic (exact) mass is 283 g/mol. The second kappa shape index (κ2) is 14.9. The van der Waals surface area contributed by atoms with Crippen molar-refractivity contribution in [2.75, 3.05) is 13.2 Å². The van der Waals surface area contributed by atoms with Crippen LogP contribution in [0.25, 0.3) is 0 Å². The van der Waals surface area contributed by atoms with Gasteiger partial charge in [-0.25, -0.2) is 8.42 Å². The van der Waals surface area contributed by atoms with E-state index in [-0.39, 0.29) is 6.61 Å². The zero-order valence-corrected chi connectivity index (χ0v) is 12.6. The van der Waals surface area contributed by atoms with Gasteiger partial charge in [-0.1, -0.05) is 45.4 Å². The molecule has 0 radical (unpaired) electrons. The van der Waals surface area contributed by atoms with Crippen molar-refractivity contribution in [1.29, 1.82) is 0 Å². The lowest BCUT2D eigenvalue weighted by atomic mass is 10.1. The maximum absolute atomic E-state index is 9.45. The quantitative estimate of drug-likeness (QED) is 0.376. The minimum Gasteiger partial charge on any atom is -0.726 e. The van der Waals surface area contributed by atoms with E-state index in [0.717, 1.165) is 6.54 Å². The van der Waals surface area contributed by atoms with Crippen molar-refractivity contribution in [3.05, 3.63) is 0 Å². The molecule has 0 saturated carbocycles. The number of quaternary nitrogens is 1. The Morgan fingerprint density at radius 3 is 1.67 bits per heavy atom. The van der Waals surface area contributed by atoms with E-state index in [4.69, 9.17) is 0 Å². The first-order valence-electron chi connectivity index (χ1n) is 6.87. The molecule has 0 aromatic rings. The van der Waals surface area contributed by atoms with Gasteiger partial charge in [0, 0.05) is 0 Å². The summed E-state index contributed by atoms with van der Waals surface area (Å²) in [6.07, 6.45) is 11.3. The van der Waals surface area contributed by atoms with Gasteiger partial charge in [-0.3, -0.25) is 4.18 Å². The van der Waals surface area contributed by atoms with E-state index >= 15 is 0 Å². The van der Waals surface area contributed by atoms with Crippen molar-refractivity contribution in [3.63, 3.8) is 0 Å². The number of unbranched alkanes of at least 4 members (excludes halogenated alkanes) is 7. The molecule has 0 aliphatic carbocycles. The van der Waals surface area contributed by atoms with Gasteiger partial charge in [-0.05, 0) is 19.8 Å². The molecule has 112 valence electrons. The third kappa shape index (κ3) is 24.9. The van der Waals surface area contributed by atoms with Crippen LogP contribution in [0.1, 0.15) is 65.2 Å². The van der Waals surface area contributed by atoms with Crippen LogP contribution in [0.3, 0.4) is 0 Å². The summed E-state index contributed by atoms with van der Waals surface area (Å²) >= 11 is 0. The lowest BCUT2D eigenvalue weighted by Gasteiger charge is -2.02. The van der Waals surface area contributed by atoms with Gasteiger partial charge in [0.2, 0.25) is 10.4 Å². The maximum atomic E-state index is 9.45. The lowest BCUT2D eigenvalue weighted by Crippen LogP contribution is -2.50. The summed E-state index contributed by atoms with van der Waals surface area (Å²) in [6, 6.07) is 0. The molecule has 0 aromatic carbocycles. The summed E-state index contributed by atoms with van der Waals surface area (Å²) in [5, 5.41) is 0. The van der Waals surface area contributed by atoms with Crippen LogP contribution in [0.15, 0.2) is 0 Å². The average molecular weight is 283 g/mol. The second-order valence-electron chi connectivity index (χ2n) is 4.14. The van der Waals surface area contributed by atoms with Crippen molar-refractivity contribution in [2.45, 2.75) is 65.2 Å². The third-order valence-electron chi connectivity index (χ3n) is 2.37. The zero-order chi connectivity index (χ0) is 14.3. The fraction of sp³-hybridized carbons (Fsp3) is 1.00. The standard InChI is InChI=1S/C10H23N.C2H6O4S/c1-2-3-4-5-6-7-8-9-10-11;1-2-6-7(3,4)5/h2-11H2,1H3;2H2,1H3,(H,3,4,5). The highest BCUT2D eigenvalue weighted by Gasteiger charge is 1.89. The van der Waals surface area contributed by atoms with Crippen LogP contribution >= 0.6 is 0 Å². The fourth-order valence-electron chi connectivity index (χ4n) is 1.45. The summed E-state index contributed by atoms with van der Waals surface area (Å²) in [7, 11) is -4.42. The summed E-state index contributed by atoms with van der Waals surface area (Å²) in [5.74, 6) is 0. The SMILES string of the molecule is CCCCCCCCCC[NH3+].CCOS(=O)(=O)[O-]. The molecule has 0 aromatic heterocycles. The summed E-state index contributed by atoms with van der Waals surface area (Å²) < 4.78 is 32.0. The Hall–Kier alpha value is -0.170. The Balaban J connectivity index is 0. The minimum atomic E-state index is -4.42. The highest BCUT2D eigenvalue weighted by atomic mass is 32.3. The van der Waals surface area contributed by atoms with Crippen LogP contribution in [0.4, 0.5) is 0 Å². The molecular formula is C12H29NO4S. The molecule has 0 heterocycles. The number of hydrogen-bond acceptors (Lipinski definition) is 4. The molecule has 0 saturated heterocycles. The van der Waals surface area contributed by atoms with E-state index in [0.29, 0.717) is 0 Å². The van der Waals surface area contributed by atoms with Crippen LogP contribution in [0, 0.1) is 0 Å². The largest absolute Gasteiger partial charge is 0.726 e. The fourth-order valence-corrected chi connectivity index (χ4v) is 1.74. The molecule has 6 heteroatoms. The molecule has 0 aliphatic heterocycles. The molecule has 0 aliphatic rings. The first kappa shape index (κ1) is 20.2. The lowest BCUT2D eigenvalue weighted by molar-refractivity contribution is -0.368. The topological polar surface area (TPSA) is 94.1 Å². The molecule has 0 amide bonds. The van der Waals surface area contributed by atoms with Crippen molar-refractivity contribution in [1.82, 2.24) is 0 Å². The number of hydrogen-bond donors (Lipinski definition) is 1. The minimum absolute atomic E-state index is 0.0914. The van der Waals surface area contributed by atoms with Crippen LogP contribution in [-0.4, -0.2) is 26.1 Å². The van der Waals surface area contributed by atoms with E-state index in [9.17, 15) is 13.0 Å². The van der Waals surface area contributed by atoms with E-state index < -0.39 is 10.4 Å². The third-order valence-corrected chi connectivity index (χ3v) is 2.89. The van der Waals surface area contributed by atoms with Crippen molar-refractivity contribution in [3.8, 4) is 0 Å². The summed E-state index contributed by atoms with van der Waals surface area (Å²) in [4.78, 5) is 0. The predicted molar refractivity (Wildman–Crippen MR) is 71.7 cm³/mol. The van der Waals surface area contributed by atoms with Crippen molar-refractivity contribution < 1.29 is 22.9 Å². The Labute approximate surface area is 112 Å². The molecule has 0 atom stereocenters. The molecule has 0 spiro atoms. The molecular weight excluding hydrogens is 254 g/mol. The maximum Gasteiger partial charge on any atom is 0.217 e. The first-order chi connectivity index (χ1) is 8.47. The molecule has 0 bridgehead atoms. The Morgan fingerprint density at radius 2 is 1.39 bits per heavy atom. The molecule has 0 fully saturated rings. The second-order valence-corrected chi connectivity index (χ2v) is 5.20. The van der Waals surface area contributed by atoms with Gasteiger partial charge in [0.15, 0.2) is 0 Å². The Kier molecular flexibility index (Phi) is 16.7. The van der Waals surface area contributed by atoms with E-state index in [2.05, 4.69) is 16.8 Å². The van der Waals surface area contributed by atoms with Crippen molar-refractivity contribution >= 4 is 10.4 Å². The van der Waals surface area contributed by atoms with Gasteiger partial charge in [0.25, 0.3) is 0 Å². The highest BCUT2D eigenvalue weighted by Crippen LogP contribution is 2.07. The van der Waals surface area contributed by atoms with Crippen LogP contribution in [0.5, 0.6) is 0 Å². The highest BCUT2D eigenvalue weighted by molar-refractivity contribution is 7.80. The van der Waals surface area contributed by atoms with Crippen LogP contribution in [0.2, 0.25) is 0 Å². The predicted octanol–water partition coefficient (Wildman–Crippen LogP) is 1.85. The summed E-state index contributed by atoms with van der Waals surface area (Å²) in [6.45, 7) is 4.72. The Bertz CT molecular complexity index is 234. The summed E-state index contributed by atoms with van der Waals surface area (Å²) in [5.41, 5.74) is 3.83. The Morgan fingerprint density at radius 1 is 0.944 bits per heavy atom. The van der Waals surface area contributed by atoms with Gasteiger partial charge in [-0.15, -0.1) is 0 Å². The van der Waals surface area contributed by atoms with Gasteiger partial charge in [0.05, 0.1) is 13.2 Å². The van der Waals surface area contributed by atoms with E-state index in [1.807, 2.05) is 0 Å². The van der Waals surface area contributed by atoms with Gasteiger partial charge in [0.1, 0.15) is 0 Å². The molecule has 3 N–H and O–H groups in total. The van der Waals surface area contributed by atoms with Crippen LogP contribution in [-0.2, 0) is 14.6 Å². The van der Waals surface area contributed by atoms with Crippen LogP contribution < -0.4 is 5.73 Å². The molecule has 0 unspecified atom stereocenters. The molecule has 5 nitrogen and oxygen atoms in total.